The average Bonchev–Trinajstić information content (AvgIpc) is 3.46. The van der Waals surface area contributed by atoms with E-state index in [9.17, 15) is 14.4 Å². The molecule has 456 valence electrons. The molecule has 6 nitrogen and oxygen atoms in total. The smallest absolute Gasteiger partial charge is 0.306 e. The zero-order valence-electron chi connectivity index (χ0n) is 52.3. The number of carbonyl (C=O) groups is 3. The molecule has 0 heterocycles. The normalized spacial score (nSPS) is 12.9. The maximum atomic E-state index is 12.9. The van der Waals surface area contributed by atoms with Gasteiger partial charge in [-0.1, -0.05) is 284 Å². The summed E-state index contributed by atoms with van der Waals surface area (Å²) >= 11 is 0. The molecule has 6 heteroatoms. The van der Waals surface area contributed by atoms with E-state index in [0.717, 1.165) is 148 Å². The largest absolute Gasteiger partial charge is 0.462 e. The molecule has 0 aromatic rings. The van der Waals surface area contributed by atoms with Crippen molar-refractivity contribution < 1.29 is 28.6 Å². The number of unbranched alkanes of at least 4 members (excludes halogenated alkanes) is 29. The molecule has 0 aliphatic carbocycles. The van der Waals surface area contributed by atoms with Crippen molar-refractivity contribution in [2.45, 2.75) is 316 Å². The summed E-state index contributed by atoms with van der Waals surface area (Å²) in [6.45, 7) is 6.39. The Kier molecular flexibility index (Phi) is 63.8. The number of ether oxygens (including phenoxy) is 3. The Morgan fingerprint density at radius 1 is 0.263 bits per heavy atom. The van der Waals surface area contributed by atoms with Crippen LogP contribution in [0.15, 0.2) is 122 Å². The molecular formula is C74H124O6. The highest BCUT2D eigenvalue weighted by atomic mass is 16.6. The fourth-order valence-corrected chi connectivity index (χ4v) is 9.22. The first-order chi connectivity index (χ1) is 39.5. The summed E-state index contributed by atoms with van der Waals surface area (Å²) in [5.74, 6) is -0.923. The zero-order valence-corrected chi connectivity index (χ0v) is 52.3. The summed E-state index contributed by atoms with van der Waals surface area (Å²) in [7, 11) is 0. The van der Waals surface area contributed by atoms with Gasteiger partial charge in [-0.2, -0.15) is 0 Å². The molecule has 0 saturated carbocycles. The van der Waals surface area contributed by atoms with Gasteiger partial charge in [0.05, 0.1) is 0 Å². The van der Waals surface area contributed by atoms with E-state index < -0.39 is 6.10 Å². The molecule has 0 amide bonds. The molecule has 0 saturated heterocycles. The van der Waals surface area contributed by atoms with Gasteiger partial charge in [0, 0.05) is 19.3 Å². The SMILES string of the molecule is CC/C=C\C/C=C\C/C=C\C/C=C\CCCCCCCCCCCCCCCCCCC(=O)OCC(COC(=O)CCCCCCC/C=C\C/C=C\CCCCCC)OC(=O)CCCCCC/C=C\C/C=C\C/C=C\C/C=C\CC. The summed E-state index contributed by atoms with van der Waals surface area (Å²) in [6, 6.07) is 0. The first-order valence-electron chi connectivity index (χ1n) is 33.5. The fraction of sp³-hybridized carbons (Fsp3) is 0.689. The minimum Gasteiger partial charge on any atom is -0.462 e. The van der Waals surface area contributed by atoms with Crippen LogP contribution in [-0.2, 0) is 28.6 Å². The zero-order chi connectivity index (χ0) is 57.8. The van der Waals surface area contributed by atoms with Gasteiger partial charge in [-0.25, -0.2) is 0 Å². The van der Waals surface area contributed by atoms with Crippen LogP contribution in [0.3, 0.4) is 0 Å². The molecule has 0 spiro atoms. The van der Waals surface area contributed by atoms with Crippen LogP contribution in [0.5, 0.6) is 0 Å². The minimum atomic E-state index is -0.800. The van der Waals surface area contributed by atoms with Gasteiger partial charge in [0.2, 0.25) is 0 Å². The number of rotatable bonds is 60. The number of allylic oxidation sites excluding steroid dienone is 20. The van der Waals surface area contributed by atoms with Crippen molar-refractivity contribution in [1.82, 2.24) is 0 Å². The maximum Gasteiger partial charge on any atom is 0.306 e. The lowest BCUT2D eigenvalue weighted by atomic mass is 10.0. The maximum absolute atomic E-state index is 12.9. The van der Waals surface area contributed by atoms with Crippen molar-refractivity contribution in [2.75, 3.05) is 13.2 Å². The number of esters is 3. The van der Waals surface area contributed by atoms with Crippen LogP contribution in [0.4, 0.5) is 0 Å². The molecule has 0 aliphatic heterocycles. The van der Waals surface area contributed by atoms with Crippen LogP contribution in [0, 0.1) is 0 Å². The van der Waals surface area contributed by atoms with Gasteiger partial charge < -0.3 is 14.2 Å². The topological polar surface area (TPSA) is 78.9 Å². The van der Waals surface area contributed by atoms with Crippen molar-refractivity contribution in [2.24, 2.45) is 0 Å². The molecule has 0 fully saturated rings. The predicted octanol–water partition coefficient (Wildman–Crippen LogP) is 23.2. The third kappa shape index (κ3) is 64.6. The Morgan fingerprint density at radius 3 is 0.762 bits per heavy atom. The highest BCUT2D eigenvalue weighted by molar-refractivity contribution is 5.71. The Hall–Kier alpha value is -4.19. The minimum absolute atomic E-state index is 0.0930. The molecule has 0 N–H and O–H groups in total. The molecule has 0 aromatic carbocycles. The van der Waals surface area contributed by atoms with E-state index >= 15 is 0 Å². The summed E-state index contributed by atoms with van der Waals surface area (Å²) in [5, 5.41) is 0. The van der Waals surface area contributed by atoms with Crippen molar-refractivity contribution in [3.63, 3.8) is 0 Å². The molecule has 0 radical (unpaired) electrons. The predicted molar refractivity (Wildman–Crippen MR) is 348 cm³/mol. The second kappa shape index (κ2) is 67.3. The van der Waals surface area contributed by atoms with Gasteiger partial charge in [-0.3, -0.25) is 14.4 Å². The van der Waals surface area contributed by atoms with Crippen LogP contribution in [-0.4, -0.2) is 37.2 Å². The van der Waals surface area contributed by atoms with Gasteiger partial charge in [-0.05, 0) is 128 Å². The lowest BCUT2D eigenvalue weighted by Gasteiger charge is -2.18. The van der Waals surface area contributed by atoms with Gasteiger partial charge in [0.15, 0.2) is 6.10 Å². The Balaban J connectivity index is 4.32. The van der Waals surface area contributed by atoms with E-state index in [1.165, 1.54) is 122 Å². The third-order valence-electron chi connectivity index (χ3n) is 14.2. The molecule has 1 atom stereocenters. The van der Waals surface area contributed by atoms with Gasteiger partial charge >= 0.3 is 17.9 Å². The molecule has 80 heavy (non-hydrogen) atoms. The van der Waals surface area contributed by atoms with Crippen molar-refractivity contribution in [3.05, 3.63) is 122 Å². The van der Waals surface area contributed by atoms with Crippen LogP contribution < -0.4 is 0 Å². The molecule has 0 aromatic heterocycles. The van der Waals surface area contributed by atoms with Crippen LogP contribution in [0.2, 0.25) is 0 Å². The second-order valence-electron chi connectivity index (χ2n) is 22.0. The van der Waals surface area contributed by atoms with Gasteiger partial charge in [-0.15, -0.1) is 0 Å². The third-order valence-corrected chi connectivity index (χ3v) is 14.2. The monoisotopic (exact) mass is 1110 g/mol. The standard InChI is InChI=1S/C74H124O6/c1-4-7-10-13-16-19-22-25-28-31-32-33-34-35-36-37-38-39-40-41-42-44-46-49-52-55-58-61-64-67-73(76)79-70-71(69-78-72(75)66-63-60-57-54-51-48-45-30-27-24-21-18-15-12-9-6-3)80-74(77)68-65-62-59-56-53-50-47-43-29-26-23-20-17-14-11-8-5-2/h7-8,10-11,16-17,19-21,24-26,28-30,32-33,45,47,50,71H,4-6,9,12-15,18,22-23,27,31,34-44,46,48-49,51-70H2,1-3H3/b10-7-,11-8-,19-16-,20-17-,24-21-,28-25-,29-26-,33-32-,45-30-,50-47-. The first kappa shape index (κ1) is 75.8. The first-order valence-corrected chi connectivity index (χ1v) is 33.5. The molecular weight excluding hydrogens is 985 g/mol. The van der Waals surface area contributed by atoms with E-state index in [1.807, 2.05) is 0 Å². The quantitative estimate of drug-likeness (QED) is 0.0261. The molecule has 0 aliphatic rings. The van der Waals surface area contributed by atoms with E-state index in [2.05, 4.69) is 142 Å². The molecule has 1 unspecified atom stereocenters. The Labute approximate surface area is 494 Å². The number of hydrogen-bond acceptors (Lipinski definition) is 6. The van der Waals surface area contributed by atoms with E-state index in [-0.39, 0.29) is 31.1 Å². The fourth-order valence-electron chi connectivity index (χ4n) is 9.22. The van der Waals surface area contributed by atoms with Crippen LogP contribution in [0.1, 0.15) is 310 Å². The summed E-state index contributed by atoms with van der Waals surface area (Å²) < 4.78 is 16.9. The van der Waals surface area contributed by atoms with E-state index in [1.54, 1.807) is 0 Å². The summed E-state index contributed by atoms with van der Waals surface area (Å²) in [4.78, 5) is 38.4. The molecule has 0 bridgehead atoms. The van der Waals surface area contributed by atoms with E-state index in [4.69, 9.17) is 14.2 Å². The Morgan fingerprint density at radius 2 is 0.487 bits per heavy atom. The lowest BCUT2D eigenvalue weighted by Crippen LogP contribution is -2.30. The van der Waals surface area contributed by atoms with E-state index in [0.29, 0.717) is 19.3 Å². The number of hydrogen-bond donors (Lipinski definition) is 0. The van der Waals surface area contributed by atoms with Crippen LogP contribution >= 0.6 is 0 Å². The van der Waals surface area contributed by atoms with Crippen molar-refractivity contribution in [1.29, 1.82) is 0 Å². The van der Waals surface area contributed by atoms with Crippen LogP contribution in [0.25, 0.3) is 0 Å². The number of carbonyl (C=O) groups excluding carboxylic acids is 3. The Bertz CT molecular complexity index is 1650. The lowest BCUT2D eigenvalue weighted by molar-refractivity contribution is -0.167. The summed E-state index contributed by atoms with van der Waals surface area (Å²) in [6.07, 6.45) is 93.6. The average molecular weight is 1110 g/mol. The second-order valence-corrected chi connectivity index (χ2v) is 22.0. The van der Waals surface area contributed by atoms with Crippen molar-refractivity contribution >= 4 is 17.9 Å². The van der Waals surface area contributed by atoms with Gasteiger partial charge in [0.1, 0.15) is 13.2 Å². The van der Waals surface area contributed by atoms with Gasteiger partial charge in [0.25, 0.3) is 0 Å². The van der Waals surface area contributed by atoms with Crippen molar-refractivity contribution in [3.8, 4) is 0 Å². The molecule has 0 rings (SSSR count). The highest BCUT2D eigenvalue weighted by Gasteiger charge is 2.19. The highest BCUT2D eigenvalue weighted by Crippen LogP contribution is 2.16. The summed E-state index contributed by atoms with van der Waals surface area (Å²) in [5.41, 5.74) is 0.